The van der Waals surface area contributed by atoms with Gasteiger partial charge in [0, 0.05) is 11.5 Å². The molecule has 24 heavy (non-hydrogen) atoms. The molecule has 0 radical (unpaired) electrons. The average molecular weight is 340 g/mol. The summed E-state index contributed by atoms with van der Waals surface area (Å²) >= 11 is 5.15. The van der Waals surface area contributed by atoms with Gasteiger partial charge in [-0.3, -0.25) is 0 Å². The highest BCUT2D eigenvalue weighted by atomic mass is 32.1. The van der Waals surface area contributed by atoms with E-state index in [0.29, 0.717) is 28.2 Å². The molecular weight excluding hydrogens is 328 g/mol. The van der Waals surface area contributed by atoms with Crippen LogP contribution in [0.25, 0.3) is 11.0 Å². The summed E-state index contributed by atoms with van der Waals surface area (Å²) in [4.78, 5) is 11.8. The molecular formula is C17H12N2O4S. The first-order chi connectivity index (χ1) is 11.6. The van der Waals surface area contributed by atoms with Crippen molar-refractivity contribution in [2.45, 2.75) is 5.92 Å². The zero-order valence-corrected chi connectivity index (χ0v) is 13.1. The normalized spacial score (nSPS) is 16.8. The zero-order chi connectivity index (χ0) is 16.8. The monoisotopic (exact) mass is 340 g/mol. The van der Waals surface area contributed by atoms with Crippen molar-refractivity contribution in [3.63, 3.8) is 0 Å². The quantitative estimate of drug-likeness (QED) is 0.545. The van der Waals surface area contributed by atoms with Gasteiger partial charge >= 0.3 is 5.63 Å². The second-order valence-electron chi connectivity index (χ2n) is 5.34. The van der Waals surface area contributed by atoms with E-state index in [1.807, 2.05) is 0 Å². The fourth-order valence-electron chi connectivity index (χ4n) is 2.96. The summed E-state index contributed by atoms with van der Waals surface area (Å²) in [6, 6.07) is 10.1. The van der Waals surface area contributed by atoms with E-state index in [0.717, 1.165) is 5.39 Å². The van der Waals surface area contributed by atoms with Crippen LogP contribution < -0.4 is 21.8 Å². The molecule has 3 aromatic rings. The van der Waals surface area contributed by atoms with Gasteiger partial charge in [0.25, 0.3) is 0 Å². The first kappa shape index (κ1) is 14.5. The van der Waals surface area contributed by atoms with Gasteiger partial charge in [-0.1, -0.05) is 12.2 Å². The van der Waals surface area contributed by atoms with Gasteiger partial charge in [0.15, 0.2) is 5.88 Å². The Kier molecular flexibility index (Phi) is 3.17. The van der Waals surface area contributed by atoms with Gasteiger partial charge in [-0.25, -0.2) is 4.79 Å². The van der Waals surface area contributed by atoms with Gasteiger partial charge in [-0.2, -0.15) is 0 Å². The Morgan fingerprint density at radius 1 is 1.17 bits per heavy atom. The molecule has 0 saturated heterocycles. The average Bonchev–Trinajstić information content (AvgIpc) is 3.07. The Balaban J connectivity index is 2.11. The minimum absolute atomic E-state index is 0.0924. The third-order valence-corrected chi connectivity index (χ3v) is 4.16. The van der Waals surface area contributed by atoms with E-state index >= 15 is 0 Å². The van der Waals surface area contributed by atoms with E-state index in [-0.39, 0.29) is 10.9 Å². The Morgan fingerprint density at radius 2 is 1.96 bits per heavy atom. The summed E-state index contributed by atoms with van der Waals surface area (Å²) in [5, 5.41) is 0.747. The lowest BCUT2D eigenvalue weighted by Crippen LogP contribution is -2.29. The highest BCUT2D eigenvalue weighted by molar-refractivity contribution is 7.80. The summed E-state index contributed by atoms with van der Waals surface area (Å²) < 4.78 is 16.7. The van der Waals surface area contributed by atoms with E-state index in [4.69, 9.17) is 37.3 Å². The molecule has 3 heterocycles. The van der Waals surface area contributed by atoms with E-state index in [1.54, 1.807) is 36.6 Å². The smallest absolute Gasteiger partial charge is 0.336 e. The van der Waals surface area contributed by atoms with Gasteiger partial charge in [0.2, 0.25) is 0 Å². The lowest BCUT2D eigenvalue weighted by molar-refractivity contribution is 0.384. The van der Waals surface area contributed by atoms with Crippen molar-refractivity contribution < 1.29 is 13.6 Å². The standard InChI is InChI=1S/C17H12N2O4S/c18-16-14(17(19)24)12(9-2-1-7-21-9)13-10(22-16)5-3-8-4-6-11(20)23-15(8)13/h1-7,12H,18H2,(H2,19,24). The minimum atomic E-state index is -0.518. The van der Waals surface area contributed by atoms with Crippen molar-refractivity contribution in [2.24, 2.45) is 11.5 Å². The minimum Gasteiger partial charge on any atom is -0.468 e. The molecule has 7 heteroatoms. The molecule has 0 bridgehead atoms. The van der Waals surface area contributed by atoms with Crippen molar-refractivity contribution >= 4 is 28.2 Å². The number of nitrogens with two attached hydrogens (primary N) is 2. The van der Waals surface area contributed by atoms with Crippen LogP contribution >= 0.6 is 12.2 Å². The molecule has 1 aromatic carbocycles. The number of thiocarbonyl (C=S) groups is 1. The van der Waals surface area contributed by atoms with E-state index in [2.05, 4.69) is 0 Å². The molecule has 1 unspecified atom stereocenters. The molecule has 0 spiro atoms. The lowest BCUT2D eigenvalue weighted by Gasteiger charge is -2.27. The van der Waals surface area contributed by atoms with Crippen LogP contribution in [0.3, 0.4) is 0 Å². The predicted octanol–water partition coefficient (Wildman–Crippen LogP) is 2.37. The number of ether oxygens (including phenoxy) is 1. The van der Waals surface area contributed by atoms with Crippen LogP contribution in [0, 0.1) is 0 Å². The summed E-state index contributed by atoms with van der Waals surface area (Å²) in [5.41, 5.74) is 12.8. The number of benzene rings is 1. The number of furan rings is 1. The highest BCUT2D eigenvalue weighted by Crippen LogP contribution is 2.45. The SMILES string of the molecule is NC(=S)C1=C(N)Oc2ccc3ccc(=O)oc3c2C1c1ccco1. The molecule has 0 fully saturated rings. The number of rotatable bonds is 2. The van der Waals surface area contributed by atoms with Crippen LogP contribution in [0.15, 0.2) is 67.7 Å². The van der Waals surface area contributed by atoms with Crippen LogP contribution in [0.1, 0.15) is 17.2 Å². The third-order valence-electron chi connectivity index (χ3n) is 3.94. The maximum absolute atomic E-state index is 11.7. The fourth-order valence-corrected chi connectivity index (χ4v) is 3.18. The van der Waals surface area contributed by atoms with Crippen LogP contribution in [-0.2, 0) is 0 Å². The molecule has 120 valence electrons. The summed E-state index contributed by atoms with van der Waals surface area (Å²) in [6.45, 7) is 0. The van der Waals surface area contributed by atoms with Crippen molar-refractivity contribution in [3.05, 3.63) is 75.9 Å². The van der Waals surface area contributed by atoms with Crippen LogP contribution in [0.4, 0.5) is 0 Å². The zero-order valence-electron chi connectivity index (χ0n) is 12.3. The maximum Gasteiger partial charge on any atom is 0.336 e. The number of hydrogen-bond donors (Lipinski definition) is 2. The third kappa shape index (κ3) is 2.10. The molecule has 4 N–H and O–H groups in total. The molecule has 4 rings (SSSR count). The Morgan fingerprint density at radius 3 is 2.67 bits per heavy atom. The number of hydrogen-bond acceptors (Lipinski definition) is 6. The van der Waals surface area contributed by atoms with E-state index in [1.165, 1.54) is 6.07 Å². The predicted molar refractivity (Wildman–Crippen MR) is 91.7 cm³/mol. The lowest BCUT2D eigenvalue weighted by atomic mass is 9.85. The largest absolute Gasteiger partial charge is 0.468 e. The first-order valence-electron chi connectivity index (χ1n) is 7.13. The second kappa shape index (κ2) is 5.24. The molecule has 0 amide bonds. The van der Waals surface area contributed by atoms with E-state index < -0.39 is 11.5 Å². The van der Waals surface area contributed by atoms with Crippen molar-refractivity contribution in [2.75, 3.05) is 0 Å². The van der Waals surface area contributed by atoms with Crippen molar-refractivity contribution in [3.8, 4) is 5.75 Å². The molecule has 0 saturated carbocycles. The summed E-state index contributed by atoms with van der Waals surface area (Å²) in [5.74, 6) is 0.629. The molecule has 1 aliphatic rings. The maximum atomic E-state index is 11.7. The van der Waals surface area contributed by atoms with Gasteiger partial charge < -0.3 is 25.0 Å². The Hall–Kier alpha value is -3.06. The highest BCUT2D eigenvalue weighted by Gasteiger charge is 2.36. The Bertz CT molecular complexity index is 1050. The topological polar surface area (TPSA) is 105 Å². The van der Waals surface area contributed by atoms with Gasteiger partial charge in [-0.15, -0.1) is 0 Å². The number of fused-ring (bicyclic) bond motifs is 3. The van der Waals surface area contributed by atoms with E-state index in [9.17, 15) is 4.79 Å². The molecule has 2 aromatic heterocycles. The van der Waals surface area contributed by atoms with Crippen LogP contribution in [-0.4, -0.2) is 4.99 Å². The van der Waals surface area contributed by atoms with Crippen LogP contribution in [0.5, 0.6) is 5.75 Å². The second-order valence-corrected chi connectivity index (χ2v) is 5.78. The summed E-state index contributed by atoms with van der Waals surface area (Å²) in [7, 11) is 0. The summed E-state index contributed by atoms with van der Waals surface area (Å²) in [6.07, 6.45) is 1.54. The van der Waals surface area contributed by atoms with Gasteiger partial charge in [0.05, 0.1) is 23.3 Å². The van der Waals surface area contributed by atoms with Crippen molar-refractivity contribution in [1.29, 1.82) is 0 Å². The van der Waals surface area contributed by atoms with Gasteiger partial charge in [0.1, 0.15) is 22.1 Å². The molecule has 6 nitrogen and oxygen atoms in total. The molecule has 0 aliphatic carbocycles. The molecule has 1 aliphatic heterocycles. The van der Waals surface area contributed by atoms with Gasteiger partial charge in [-0.05, 0) is 30.3 Å². The fraction of sp³-hybridized carbons (Fsp3) is 0.0588. The Labute approximate surface area is 141 Å². The molecule has 1 atom stereocenters. The van der Waals surface area contributed by atoms with Crippen molar-refractivity contribution in [1.82, 2.24) is 0 Å². The first-order valence-corrected chi connectivity index (χ1v) is 7.54. The van der Waals surface area contributed by atoms with Crippen LogP contribution in [0.2, 0.25) is 0 Å².